The lowest BCUT2D eigenvalue weighted by Crippen LogP contribution is -2.33. The summed E-state index contributed by atoms with van der Waals surface area (Å²) in [5.74, 6) is -0.267. The summed E-state index contributed by atoms with van der Waals surface area (Å²) >= 11 is 0. The minimum atomic E-state index is -3.80. The molecule has 0 radical (unpaired) electrons. The molecule has 102 valence electrons. The third-order valence-corrected chi connectivity index (χ3v) is 4.04. The van der Waals surface area contributed by atoms with E-state index in [0.717, 1.165) is 18.4 Å². The average Bonchev–Trinajstić information content (AvgIpc) is 2.80. The van der Waals surface area contributed by atoms with Gasteiger partial charge in [0.2, 0.25) is 10.0 Å². The highest BCUT2D eigenvalue weighted by Gasteiger charge is 2.18. The van der Waals surface area contributed by atoms with E-state index >= 15 is 0 Å². The van der Waals surface area contributed by atoms with E-state index in [1.807, 2.05) is 12.2 Å². The average molecular weight is 280 g/mol. The first kappa shape index (κ1) is 13.8. The van der Waals surface area contributed by atoms with Crippen molar-refractivity contribution in [1.29, 1.82) is 0 Å². The van der Waals surface area contributed by atoms with Gasteiger partial charge in [-0.1, -0.05) is 18.2 Å². The Morgan fingerprint density at radius 2 is 1.95 bits per heavy atom. The summed E-state index contributed by atoms with van der Waals surface area (Å²) in [6.45, 7) is 1.76. The summed E-state index contributed by atoms with van der Waals surface area (Å²) < 4.78 is 22.6. The first-order valence-electron chi connectivity index (χ1n) is 5.97. The van der Waals surface area contributed by atoms with Gasteiger partial charge in [0.25, 0.3) is 5.91 Å². The van der Waals surface area contributed by atoms with E-state index in [1.54, 1.807) is 13.0 Å². The summed E-state index contributed by atoms with van der Waals surface area (Å²) in [4.78, 5) is 12.1. The molecule has 1 aliphatic rings. The smallest absolute Gasteiger partial charge is 0.251 e. The maximum absolute atomic E-state index is 12.1. The molecule has 0 bridgehead atoms. The lowest BCUT2D eigenvalue weighted by atomic mass is 10.1. The van der Waals surface area contributed by atoms with Gasteiger partial charge in [-0.15, -0.1) is 0 Å². The number of carbonyl (C=O) groups excluding carboxylic acids is 1. The van der Waals surface area contributed by atoms with Gasteiger partial charge in [0, 0.05) is 11.6 Å². The van der Waals surface area contributed by atoms with Crippen LogP contribution in [0.3, 0.4) is 0 Å². The van der Waals surface area contributed by atoms with Gasteiger partial charge in [-0.3, -0.25) is 4.79 Å². The van der Waals surface area contributed by atoms with Crippen LogP contribution in [0.5, 0.6) is 0 Å². The maximum atomic E-state index is 12.1. The normalized spacial score (nSPS) is 15.7. The molecule has 0 unspecified atom stereocenters. The molecule has 6 heteroatoms. The van der Waals surface area contributed by atoms with Crippen molar-refractivity contribution in [1.82, 2.24) is 5.32 Å². The van der Waals surface area contributed by atoms with Crippen LogP contribution in [-0.2, 0) is 10.0 Å². The molecule has 0 heterocycles. The largest absolute Gasteiger partial charge is 0.349 e. The molecule has 19 heavy (non-hydrogen) atoms. The molecule has 0 aliphatic heterocycles. The third-order valence-electron chi connectivity index (χ3n) is 3.13. The molecular weight excluding hydrogens is 264 g/mol. The minimum Gasteiger partial charge on any atom is -0.349 e. The summed E-state index contributed by atoms with van der Waals surface area (Å²) in [5, 5.41) is 7.95. The van der Waals surface area contributed by atoms with Crippen LogP contribution in [0.1, 0.15) is 28.8 Å². The minimum absolute atomic E-state index is 0.0483. The van der Waals surface area contributed by atoms with Crippen LogP contribution < -0.4 is 10.5 Å². The first-order valence-corrected chi connectivity index (χ1v) is 7.52. The molecule has 1 aliphatic carbocycles. The van der Waals surface area contributed by atoms with Gasteiger partial charge in [-0.2, -0.15) is 0 Å². The van der Waals surface area contributed by atoms with Gasteiger partial charge in [-0.05, 0) is 37.5 Å². The van der Waals surface area contributed by atoms with Crippen LogP contribution in [0.2, 0.25) is 0 Å². The number of hydrogen-bond donors (Lipinski definition) is 2. The molecule has 0 saturated carbocycles. The van der Waals surface area contributed by atoms with Crippen molar-refractivity contribution < 1.29 is 13.2 Å². The van der Waals surface area contributed by atoms with Crippen molar-refractivity contribution in [2.45, 2.75) is 30.7 Å². The molecule has 0 atom stereocenters. The maximum Gasteiger partial charge on any atom is 0.251 e. The topological polar surface area (TPSA) is 89.3 Å². The van der Waals surface area contributed by atoms with Gasteiger partial charge < -0.3 is 5.32 Å². The van der Waals surface area contributed by atoms with Crippen LogP contribution in [0.25, 0.3) is 0 Å². The fraction of sp³-hybridized carbons (Fsp3) is 0.308. The van der Waals surface area contributed by atoms with Crippen molar-refractivity contribution in [2.24, 2.45) is 5.14 Å². The van der Waals surface area contributed by atoms with E-state index in [2.05, 4.69) is 5.32 Å². The van der Waals surface area contributed by atoms with Gasteiger partial charge >= 0.3 is 0 Å². The number of nitrogens with two attached hydrogens (primary N) is 1. The number of nitrogens with one attached hydrogen (secondary N) is 1. The Kier molecular flexibility index (Phi) is 3.73. The van der Waals surface area contributed by atoms with E-state index < -0.39 is 10.0 Å². The highest BCUT2D eigenvalue weighted by Crippen LogP contribution is 2.16. The van der Waals surface area contributed by atoms with Gasteiger partial charge in [0.1, 0.15) is 0 Å². The van der Waals surface area contributed by atoms with Gasteiger partial charge in [-0.25, -0.2) is 13.6 Å². The van der Waals surface area contributed by atoms with Crippen molar-refractivity contribution in [3.63, 3.8) is 0 Å². The number of sulfonamides is 1. The highest BCUT2D eigenvalue weighted by atomic mass is 32.2. The Morgan fingerprint density at radius 3 is 2.53 bits per heavy atom. The third kappa shape index (κ3) is 3.21. The SMILES string of the molecule is Cc1ccc(S(N)(=O)=O)cc1C(=O)NC1CC=CC1. The number of primary sulfonamides is 1. The lowest BCUT2D eigenvalue weighted by Gasteiger charge is -2.14. The molecule has 0 spiro atoms. The summed E-state index contributed by atoms with van der Waals surface area (Å²) in [6, 6.07) is 4.40. The second-order valence-corrected chi connectivity index (χ2v) is 6.20. The molecule has 0 aromatic heterocycles. The van der Waals surface area contributed by atoms with Crippen LogP contribution in [0.4, 0.5) is 0 Å². The molecule has 2 rings (SSSR count). The quantitative estimate of drug-likeness (QED) is 0.812. The Labute approximate surface area is 112 Å². The Bertz CT molecular complexity index is 627. The first-order chi connectivity index (χ1) is 8.88. The zero-order chi connectivity index (χ0) is 14.0. The summed E-state index contributed by atoms with van der Waals surface area (Å²) in [7, 11) is -3.80. The fourth-order valence-corrected chi connectivity index (χ4v) is 2.56. The van der Waals surface area contributed by atoms with Gasteiger partial charge in [0.05, 0.1) is 4.90 Å². The van der Waals surface area contributed by atoms with Crippen LogP contribution in [-0.4, -0.2) is 20.4 Å². The number of rotatable bonds is 3. The number of hydrogen-bond acceptors (Lipinski definition) is 3. The fourth-order valence-electron chi connectivity index (χ4n) is 2.02. The monoisotopic (exact) mass is 280 g/mol. The van der Waals surface area contributed by atoms with Gasteiger partial charge in [0.15, 0.2) is 0 Å². The van der Waals surface area contributed by atoms with Crippen LogP contribution in [0, 0.1) is 6.92 Å². The second-order valence-electron chi connectivity index (χ2n) is 4.63. The second kappa shape index (κ2) is 5.14. The Morgan fingerprint density at radius 1 is 1.32 bits per heavy atom. The standard InChI is InChI=1S/C13H16N2O3S/c1-9-6-7-11(19(14,17)18)8-12(9)13(16)15-10-4-2-3-5-10/h2-3,6-8,10H,4-5H2,1H3,(H,15,16)(H2,14,17,18). The van der Waals surface area contributed by atoms with E-state index in [9.17, 15) is 13.2 Å². The van der Waals surface area contributed by atoms with E-state index in [1.165, 1.54) is 12.1 Å². The van der Waals surface area contributed by atoms with Crippen LogP contribution in [0.15, 0.2) is 35.2 Å². The number of amides is 1. The predicted molar refractivity (Wildman–Crippen MR) is 72.2 cm³/mol. The zero-order valence-electron chi connectivity index (χ0n) is 10.6. The van der Waals surface area contributed by atoms with Crippen molar-refractivity contribution in [2.75, 3.05) is 0 Å². The van der Waals surface area contributed by atoms with Crippen molar-refractivity contribution >= 4 is 15.9 Å². The molecule has 0 saturated heterocycles. The molecule has 3 N–H and O–H groups in total. The number of benzene rings is 1. The Hall–Kier alpha value is -1.66. The molecule has 1 amide bonds. The molecule has 1 aromatic rings. The van der Waals surface area contributed by atoms with E-state index in [0.29, 0.717) is 5.56 Å². The lowest BCUT2D eigenvalue weighted by molar-refractivity contribution is 0.0938. The number of aryl methyl sites for hydroxylation is 1. The predicted octanol–water partition coefficient (Wildman–Crippen LogP) is 1.09. The highest BCUT2D eigenvalue weighted by molar-refractivity contribution is 7.89. The molecular formula is C13H16N2O3S. The molecule has 5 nitrogen and oxygen atoms in total. The number of carbonyl (C=O) groups is 1. The molecule has 0 fully saturated rings. The van der Waals surface area contributed by atoms with Crippen molar-refractivity contribution in [3.8, 4) is 0 Å². The Balaban J connectivity index is 2.25. The van der Waals surface area contributed by atoms with Crippen molar-refractivity contribution in [3.05, 3.63) is 41.5 Å². The van der Waals surface area contributed by atoms with E-state index in [4.69, 9.17) is 5.14 Å². The summed E-state index contributed by atoms with van der Waals surface area (Å²) in [5.41, 5.74) is 1.06. The zero-order valence-corrected chi connectivity index (χ0v) is 11.4. The summed E-state index contributed by atoms with van der Waals surface area (Å²) in [6.07, 6.45) is 5.64. The molecule has 1 aromatic carbocycles. The van der Waals surface area contributed by atoms with Crippen LogP contribution >= 0.6 is 0 Å². The van der Waals surface area contributed by atoms with E-state index in [-0.39, 0.29) is 16.8 Å².